The monoisotopic (exact) mass is 513 g/mol. The van der Waals surface area contributed by atoms with Gasteiger partial charge in [0.25, 0.3) is 5.91 Å². The molecule has 1 N–H and O–H groups in total. The number of aliphatic hydroxyl groups excluding tert-OH is 1. The molecule has 5 rings (SSSR count). The lowest BCUT2D eigenvalue weighted by Gasteiger charge is -2.30. The van der Waals surface area contributed by atoms with Crippen LogP contribution in [0.5, 0.6) is 11.9 Å². The van der Waals surface area contributed by atoms with Gasteiger partial charge in [0.1, 0.15) is 11.9 Å². The molecule has 1 amide bonds. The molecular weight excluding hydrogens is 482 g/mol. The van der Waals surface area contributed by atoms with Crippen LogP contribution in [-0.4, -0.2) is 51.4 Å². The van der Waals surface area contributed by atoms with Crippen LogP contribution < -0.4 is 14.4 Å². The van der Waals surface area contributed by atoms with Crippen molar-refractivity contribution in [1.29, 1.82) is 0 Å². The Morgan fingerprint density at radius 3 is 2.37 bits per heavy atom. The number of hydrogen-bond acceptors (Lipinski definition) is 7. The molecule has 2 aromatic heterocycles. The van der Waals surface area contributed by atoms with E-state index < -0.39 is 12.1 Å². The molecule has 38 heavy (non-hydrogen) atoms. The van der Waals surface area contributed by atoms with E-state index >= 15 is 0 Å². The Labute approximate surface area is 221 Å². The van der Waals surface area contributed by atoms with Crippen molar-refractivity contribution in [2.45, 2.75) is 39.8 Å². The number of rotatable bonds is 7. The Morgan fingerprint density at radius 1 is 1.00 bits per heavy atom. The molecule has 1 aliphatic rings. The van der Waals surface area contributed by atoms with Gasteiger partial charge in [-0.2, -0.15) is 4.98 Å². The van der Waals surface area contributed by atoms with Crippen LogP contribution in [-0.2, 0) is 0 Å². The summed E-state index contributed by atoms with van der Waals surface area (Å²) in [5.74, 6) is 0.498. The summed E-state index contributed by atoms with van der Waals surface area (Å²) in [7, 11) is 2.98. The molecule has 0 spiro atoms. The zero-order chi connectivity index (χ0) is 27.1. The molecule has 1 aliphatic heterocycles. The lowest BCUT2D eigenvalue weighted by Crippen LogP contribution is -2.31. The molecular formula is C29H31N5O4. The Bertz CT molecular complexity index is 1510. The van der Waals surface area contributed by atoms with Crippen LogP contribution in [0.15, 0.2) is 48.7 Å². The van der Waals surface area contributed by atoms with Gasteiger partial charge in [-0.15, -0.1) is 0 Å². The van der Waals surface area contributed by atoms with Gasteiger partial charge in [0.15, 0.2) is 5.69 Å². The summed E-state index contributed by atoms with van der Waals surface area (Å²) in [4.78, 5) is 29.4. The van der Waals surface area contributed by atoms with E-state index in [1.165, 1.54) is 14.2 Å². The van der Waals surface area contributed by atoms with Crippen molar-refractivity contribution in [2.75, 3.05) is 25.7 Å². The van der Waals surface area contributed by atoms with Crippen LogP contribution in [0.2, 0.25) is 0 Å². The number of nitrogens with zero attached hydrogens (tertiary/aromatic N) is 5. The molecule has 2 atom stereocenters. The average molecular weight is 514 g/mol. The predicted octanol–water partition coefficient (Wildman–Crippen LogP) is 4.59. The number of methoxy groups -OCH3 is 2. The Hall–Kier alpha value is -4.24. The Morgan fingerprint density at radius 2 is 1.71 bits per heavy atom. The topological polar surface area (TPSA) is 103 Å². The van der Waals surface area contributed by atoms with Crippen LogP contribution in [0.1, 0.15) is 57.4 Å². The van der Waals surface area contributed by atoms with Gasteiger partial charge in [-0.3, -0.25) is 9.69 Å². The van der Waals surface area contributed by atoms with Crippen LogP contribution in [0.4, 0.5) is 5.69 Å². The number of anilines is 1. The zero-order valence-corrected chi connectivity index (χ0v) is 22.4. The van der Waals surface area contributed by atoms with E-state index in [0.717, 1.165) is 27.9 Å². The fraction of sp³-hybridized carbons (Fsp3) is 0.310. The number of ether oxygens (including phenoxy) is 2. The van der Waals surface area contributed by atoms with Gasteiger partial charge < -0.3 is 19.1 Å². The number of carbonyl (C=O) groups excluding carboxylic acids is 1. The number of carbonyl (C=O) groups is 1. The largest absolute Gasteiger partial charge is 0.480 e. The second kappa shape index (κ2) is 9.90. The summed E-state index contributed by atoms with van der Waals surface area (Å²) in [6.45, 7) is 7.77. The number of imidazole rings is 1. The first-order chi connectivity index (χ1) is 18.3. The molecule has 0 bridgehead atoms. The smallest absolute Gasteiger partial charge is 0.319 e. The standard InChI is InChI=1S/C29H31N5O4/c1-16-8-11-20(12-9-16)24-25-23(28(36)34(24)22-13-17(2)7-10-18(22)3)31-26(33(25)19(4)15-35)21-14-30-29(38-6)32-27(21)37-5/h7-14,19,24,35H,15H2,1-6H3/t19-,24?/m1/s1. The van der Waals surface area contributed by atoms with Crippen molar-refractivity contribution in [2.24, 2.45) is 0 Å². The number of benzene rings is 2. The molecule has 3 heterocycles. The number of hydrogen-bond donors (Lipinski definition) is 1. The van der Waals surface area contributed by atoms with E-state index in [-0.39, 0.29) is 24.4 Å². The van der Waals surface area contributed by atoms with Gasteiger partial charge in [0, 0.05) is 11.9 Å². The lowest BCUT2D eigenvalue weighted by atomic mass is 10.0. The molecule has 0 fully saturated rings. The van der Waals surface area contributed by atoms with Crippen molar-refractivity contribution >= 4 is 11.6 Å². The van der Waals surface area contributed by atoms with Crippen molar-refractivity contribution in [3.05, 3.63) is 82.3 Å². The predicted molar refractivity (Wildman–Crippen MR) is 144 cm³/mol. The van der Waals surface area contributed by atoms with Gasteiger partial charge in [-0.05, 0) is 50.5 Å². The van der Waals surface area contributed by atoms with Gasteiger partial charge in [-0.25, -0.2) is 9.97 Å². The highest BCUT2D eigenvalue weighted by Crippen LogP contribution is 2.46. The maximum atomic E-state index is 14.2. The number of aryl methyl sites for hydroxylation is 3. The van der Waals surface area contributed by atoms with Gasteiger partial charge >= 0.3 is 6.01 Å². The normalized spacial score (nSPS) is 15.5. The third-order valence-corrected chi connectivity index (χ3v) is 6.96. The molecule has 0 radical (unpaired) electrons. The summed E-state index contributed by atoms with van der Waals surface area (Å²) in [6.07, 6.45) is 1.57. The first-order valence-corrected chi connectivity index (χ1v) is 12.4. The first kappa shape index (κ1) is 25.4. The highest BCUT2D eigenvalue weighted by Gasteiger charge is 2.45. The maximum absolute atomic E-state index is 14.2. The van der Waals surface area contributed by atoms with Crippen molar-refractivity contribution < 1.29 is 19.4 Å². The summed E-state index contributed by atoms with van der Waals surface area (Å²) in [5, 5.41) is 10.3. The average Bonchev–Trinajstić information content (AvgIpc) is 3.44. The van der Waals surface area contributed by atoms with E-state index in [9.17, 15) is 9.90 Å². The molecule has 2 aromatic carbocycles. The van der Waals surface area contributed by atoms with E-state index in [1.54, 1.807) is 6.20 Å². The molecule has 196 valence electrons. The van der Waals surface area contributed by atoms with Crippen LogP contribution >= 0.6 is 0 Å². The number of fused-ring (bicyclic) bond motifs is 1. The lowest BCUT2D eigenvalue weighted by molar-refractivity contribution is 0.0989. The van der Waals surface area contributed by atoms with Gasteiger partial charge in [0.2, 0.25) is 5.88 Å². The SMILES string of the molecule is COc1ncc(-c2nc3c(n2[C@H](C)CO)C(c2ccc(C)cc2)N(c2cc(C)ccc2C)C3=O)c(OC)n1. The van der Waals surface area contributed by atoms with Crippen molar-refractivity contribution in [3.63, 3.8) is 0 Å². The Balaban J connectivity index is 1.80. The van der Waals surface area contributed by atoms with E-state index in [4.69, 9.17) is 14.5 Å². The molecule has 0 aliphatic carbocycles. The molecule has 4 aromatic rings. The number of amides is 1. The molecule has 0 saturated carbocycles. The molecule has 9 heteroatoms. The zero-order valence-electron chi connectivity index (χ0n) is 22.4. The first-order valence-electron chi connectivity index (χ1n) is 12.4. The minimum absolute atomic E-state index is 0.154. The number of aromatic nitrogens is 4. The summed E-state index contributed by atoms with van der Waals surface area (Å²) >= 11 is 0. The Kier molecular flexibility index (Phi) is 6.62. The highest BCUT2D eigenvalue weighted by atomic mass is 16.5. The van der Waals surface area contributed by atoms with Crippen LogP contribution in [0.25, 0.3) is 11.4 Å². The van der Waals surface area contributed by atoms with Crippen LogP contribution in [0.3, 0.4) is 0 Å². The third-order valence-electron chi connectivity index (χ3n) is 6.96. The molecule has 9 nitrogen and oxygen atoms in total. The molecule has 0 saturated heterocycles. The minimum Gasteiger partial charge on any atom is -0.480 e. The van der Waals surface area contributed by atoms with Crippen molar-refractivity contribution in [1.82, 2.24) is 19.5 Å². The van der Waals surface area contributed by atoms with E-state index in [0.29, 0.717) is 22.8 Å². The maximum Gasteiger partial charge on any atom is 0.319 e. The summed E-state index contributed by atoms with van der Waals surface area (Å²) in [6, 6.07) is 13.5. The molecule has 1 unspecified atom stereocenters. The minimum atomic E-state index is -0.459. The summed E-state index contributed by atoms with van der Waals surface area (Å²) < 4.78 is 12.6. The second-order valence-electron chi connectivity index (χ2n) is 9.63. The van der Waals surface area contributed by atoms with E-state index in [2.05, 4.69) is 9.97 Å². The quantitative estimate of drug-likeness (QED) is 0.386. The van der Waals surface area contributed by atoms with Crippen molar-refractivity contribution in [3.8, 4) is 23.3 Å². The second-order valence-corrected chi connectivity index (χ2v) is 9.63. The third kappa shape index (κ3) is 4.09. The van der Waals surface area contributed by atoms with Gasteiger partial charge in [0.05, 0.1) is 38.1 Å². The van der Waals surface area contributed by atoms with Gasteiger partial charge in [-0.1, -0.05) is 42.0 Å². The summed E-state index contributed by atoms with van der Waals surface area (Å²) in [5.41, 5.74) is 6.45. The van der Waals surface area contributed by atoms with Crippen LogP contribution in [0, 0.1) is 20.8 Å². The fourth-order valence-corrected chi connectivity index (χ4v) is 4.98. The highest BCUT2D eigenvalue weighted by molar-refractivity contribution is 6.11. The number of aliphatic hydroxyl groups is 1. The fourth-order valence-electron chi connectivity index (χ4n) is 4.98. The van der Waals surface area contributed by atoms with E-state index in [1.807, 2.05) is 79.6 Å².